The fourth-order valence-corrected chi connectivity index (χ4v) is 3.76. The second kappa shape index (κ2) is 9.15. The minimum Gasteiger partial charge on any atom is -0.345 e. The number of fused-ring (bicyclic) bond motifs is 1. The number of aryl methyl sites for hydroxylation is 3. The Kier molecular flexibility index (Phi) is 6.17. The van der Waals surface area contributed by atoms with Crippen molar-refractivity contribution in [3.63, 3.8) is 0 Å². The van der Waals surface area contributed by atoms with Crippen molar-refractivity contribution in [2.24, 2.45) is 0 Å². The fraction of sp³-hybridized carbons (Fsp3) is 0.500. The van der Waals surface area contributed by atoms with E-state index in [1.165, 1.54) is 24.1 Å². The Hall–Kier alpha value is -2.47. The number of H-pyrrole nitrogens is 1. The van der Waals surface area contributed by atoms with Crippen molar-refractivity contribution in [2.45, 2.75) is 58.5 Å². The summed E-state index contributed by atoms with van der Waals surface area (Å²) in [5, 5.41) is 4.76. The summed E-state index contributed by atoms with van der Waals surface area (Å²) in [7, 11) is 0. The smallest absolute Gasteiger partial charge is 0.151 e. The fourth-order valence-electron chi connectivity index (χ4n) is 3.76. The Morgan fingerprint density at radius 2 is 1.93 bits per heavy atom. The molecule has 1 aliphatic rings. The molecule has 0 atom stereocenters. The van der Waals surface area contributed by atoms with Crippen LogP contribution in [0.3, 0.4) is 0 Å². The van der Waals surface area contributed by atoms with Crippen molar-refractivity contribution < 1.29 is 0 Å². The van der Waals surface area contributed by atoms with Crippen LogP contribution in [0, 0.1) is 0 Å². The van der Waals surface area contributed by atoms with Crippen molar-refractivity contribution in [2.75, 3.05) is 13.1 Å². The molecule has 0 fully saturated rings. The highest BCUT2D eigenvalue weighted by molar-refractivity contribution is 5.15. The van der Waals surface area contributed by atoms with Crippen LogP contribution in [0.2, 0.25) is 0 Å². The van der Waals surface area contributed by atoms with E-state index in [4.69, 9.17) is 10.1 Å². The number of aromatic nitrogens is 5. The second-order valence-corrected chi connectivity index (χ2v) is 7.64. The average Bonchev–Trinajstić information content (AvgIpc) is 3.29. The summed E-state index contributed by atoms with van der Waals surface area (Å²) in [6.45, 7) is 6.05. The first-order chi connectivity index (χ1) is 13.8. The van der Waals surface area contributed by atoms with E-state index in [-0.39, 0.29) is 0 Å². The molecule has 2 aromatic heterocycles. The van der Waals surface area contributed by atoms with Crippen LogP contribution in [0.1, 0.15) is 48.5 Å². The molecule has 148 valence electrons. The zero-order valence-electron chi connectivity index (χ0n) is 16.8. The van der Waals surface area contributed by atoms with Gasteiger partial charge in [0.25, 0.3) is 0 Å². The second-order valence-electron chi connectivity index (χ2n) is 7.64. The summed E-state index contributed by atoms with van der Waals surface area (Å²) in [6.07, 6.45) is 8.29. The van der Waals surface area contributed by atoms with Crippen LogP contribution in [0.15, 0.2) is 36.5 Å². The molecule has 0 aliphatic carbocycles. The first-order valence-electron chi connectivity index (χ1n) is 10.5. The molecule has 0 radical (unpaired) electrons. The largest absolute Gasteiger partial charge is 0.345 e. The van der Waals surface area contributed by atoms with Gasteiger partial charge >= 0.3 is 0 Å². The van der Waals surface area contributed by atoms with Crippen LogP contribution in [0.5, 0.6) is 0 Å². The zero-order valence-corrected chi connectivity index (χ0v) is 16.8. The van der Waals surface area contributed by atoms with Crippen LogP contribution < -0.4 is 0 Å². The highest BCUT2D eigenvalue weighted by Crippen LogP contribution is 2.12. The van der Waals surface area contributed by atoms with E-state index in [1.54, 1.807) is 0 Å². The van der Waals surface area contributed by atoms with Gasteiger partial charge in [-0.3, -0.25) is 4.90 Å². The van der Waals surface area contributed by atoms with Gasteiger partial charge in [0.15, 0.2) is 5.82 Å². The van der Waals surface area contributed by atoms with Crippen molar-refractivity contribution >= 4 is 0 Å². The average molecular weight is 379 g/mol. The van der Waals surface area contributed by atoms with Gasteiger partial charge in [0.2, 0.25) is 0 Å². The third-order valence-electron chi connectivity index (χ3n) is 5.39. The molecular formula is C22H30N6. The summed E-state index contributed by atoms with van der Waals surface area (Å²) < 4.78 is 2.11. The molecule has 0 unspecified atom stereocenters. The van der Waals surface area contributed by atoms with Crippen LogP contribution in [0.4, 0.5) is 0 Å². The number of hydrogen-bond acceptors (Lipinski definition) is 4. The number of benzene rings is 1. The summed E-state index contributed by atoms with van der Waals surface area (Å²) in [5.74, 6) is 3.21. The molecule has 4 rings (SSSR count). The summed E-state index contributed by atoms with van der Waals surface area (Å²) in [4.78, 5) is 15.3. The van der Waals surface area contributed by atoms with Crippen LogP contribution >= 0.6 is 0 Å². The molecule has 6 nitrogen and oxygen atoms in total. The van der Waals surface area contributed by atoms with Gasteiger partial charge in [-0.25, -0.2) is 14.6 Å². The predicted molar refractivity (Wildman–Crippen MR) is 110 cm³/mol. The van der Waals surface area contributed by atoms with Crippen LogP contribution in [-0.4, -0.2) is 42.7 Å². The van der Waals surface area contributed by atoms with Crippen molar-refractivity contribution in [1.29, 1.82) is 0 Å². The molecule has 3 heterocycles. The van der Waals surface area contributed by atoms with E-state index in [0.717, 1.165) is 69.3 Å². The molecule has 0 spiro atoms. The normalized spacial score (nSPS) is 14.8. The molecule has 1 aliphatic heterocycles. The van der Waals surface area contributed by atoms with Crippen molar-refractivity contribution in [3.05, 3.63) is 65.3 Å². The molecule has 0 bridgehead atoms. The minimum atomic E-state index is 0.905. The van der Waals surface area contributed by atoms with E-state index in [1.807, 2.05) is 6.20 Å². The quantitative estimate of drug-likeness (QED) is 0.654. The van der Waals surface area contributed by atoms with Gasteiger partial charge in [0.05, 0.1) is 6.54 Å². The van der Waals surface area contributed by atoms with Gasteiger partial charge in [-0.05, 0) is 18.4 Å². The number of rotatable bonds is 8. The zero-order chi connectivity index (χ0) is 19.2. The molecule has 0 amide bonds. The molecule has 3 aromatic rings. The number of imidazole rings is 1. The number of nitrogens with zero attached hydrogens (tertiary/aromatic N) is 5. The van der Waals surface area contributed by atoms with Gasteiger partial charge in [-0.15, -0.1) is 0 Å². The van der Waals surface area contributed by atoms with Crippen molar-refractivity contribution in [1.82, 2.24) is 29.6 Å². The molecular weight excluding hydrogens is 348 g/mol. The Labute approximate surface area is 167 Å². The monoisotopic (exact) mass is 378 g/mol. The Bertz CT molecular complexity index is 841. The van der Waals surface area contributed by atoms with Gasteiger partial charge in [-0.1, -0.05) is 43.7 Å². The molecule has 6 heteroatoms. The maximum Gasteiger partial charge on any atom is 0.151 e. The predicted octanol–water partition coefficient (Wildman–Crippen LogP) is 3.19. The number of nitrogens with one attached hydrogen (secondary N) is 1. The van der Waals surface area contributed by atoms with E-state index >= 15 is 0 Å². The third kappa shape index (κ3) is 4.87. The lowest BCUT2D eigenvalue weighted by molar-refractivity contribution is 0.265. The van der Waals surface area contributed by atoms with Gasteiger partial charge < -0.3 is 4.98 Å². The molecule has 28 heavy (non-hydrogen) atoms. The lowest BCUT2D eigenvalue weighted by atomic mass is 10.1. The lowest BCUT2D eigenvalue weighted by Gasteiger charge is -2.18. The SMILES string of the molecule is CCCCc1ncc(CN2CCc3nc(CCc4ccccc4)nn3CC2)[nH]1. The van der Waals surface area contributed by atoms with E-state index in [2.05, 4.69) is 56.8 Å². The van der Waals surface area contributed by atoms with Crippen molar-refractivity contribution in [3.8, 4) is 0 Å². The highest BCUT2D eigenvalue weighted by atomic mass is 15.4. The van der Waals surface area contributed by atoms with E-state index < -0.39 is 0 Å². The van der Waals surface area contributed by atoms with E-state index in [0.29, 0.717) is 0 Å². The number of aromatic amines is 1. The summed E-state index contributed by atoms with van der Waals surface area (Å²) in [5.41, 5.74) is 2.55. The van der Waals surface area contributed by atoms with Crippen LogP contribution in [-0.2, 0) is 38.8 Å². The van der Waals surface area contributed by atoms with Gasteiger partial charge in [0, 0.05) is 50.8 Å². The third-order valence-corrected chi connectivity index (χ3v) is 5.39. The molecule has 0 saturated carbocycles. The van der Waals surface area contributed by atoms with E-state index in [9.17, 15) is 0 Å². The Balaban J connectivity index is 1.29. The molecule has 0 saturated heterocycles. The van der Waals surface area contributed by atoms with Gasteiger partial charge in [0.1, 0.15) is 11.6 Å². The Morgan fingerprint density at radius 3 is 2.79 bits per heavy atom. The van der Waals surface area contributed by atoms with Gasteiger partial charge in [-0.2, -0.15) is 5.10 Å². The minimum absolute atomic E-state index is 0.905. The number of unbranched alkanes of at least 4 members (excludes halogenated alkanes) is 1. The first kappa shape index (κ1) is 18.9. The standard InChI is InChI=1S/C22H30N6/c1-2-3-9-20-23-16-19(24-20)17-27-13-12-22-25-21(26-28(22)15-14-27)11-10-18-7-5-4-6-8-18/h4-8,16H,2-3,9-15,17H2,1H3,(H,23,24). The summed E-state index contributed by atoms with van der Waals surface area (Å²) >= 11 is 0. The van der Waals surface area contributed by atoms with Crippen LogP contribution in [0.25, 0.3) is 0 Å². The topological polar surface area (TPSA) is 62.6 Å². The summed E-state index contributed by atoms with van der Waals surface area (Å²) in [6, 6.07) is 10.6. The Morgan fingerprint density at radius 1 is 1.04 bits per heavy atom. The molecule has 1 aromatic carbocycles. The first-order valence-corrected chi connectivity index (χ1v) is 10.5. The highest BCUT2D eigenvalue weighted by Gasteiger charge is 2.18. The molecule has 1 N–H and O–H groups in total. The number of hydrogen-bond donors (Lipinski definition) is 1. The maximum absolute atomic E-state index is 4.81. The maximum atomic E-state index is 4.81. The lowest BCUT2D eigenvalue weighted by Crippen LogP contribution is -2.27.